The molecule has 1 aromatic carbocycles. The Kier molecular flexibility index (Phi) is 5.60. The Labute approximate surface area is 179 Å². The zero-order valence-electron chi connectivity index (χ0n) is 18.0. The highest BCUT2D eigenvalue weighted by Crippen LogP contribution is 2.35. The first kappa shape index (κ1) is 21.2. The molecule has 0 spiro atoms. The van der Waals surface area contributed by atoms with E-state index in [1.165, 1.54) is 5.56 Å². The van der Waals surface area contributed by atoms with Crippen molar-refractivity contribution in [1.29, 1.82) is 0 Å². The number of furan rings is 1. The SMILES string of the molecule is Cc1c(CCC(=O)N[C@H](C(=O)[O-])C(C)C)c(=O)oc2cc3oc4c(c3cc12)CCCC4. The molecule has 7 nitrogen and oxygen atoms in total. The molecule has 31 heavy (non-hydrogen) atoms. The molecule has 3 aromatic rings. The van der Waals surface area contributed by atoms with E-state index in [1.807, 2.05) is 13.0 Å². The Morgan fingerprint density at radius 3 is 2.52 bits per heavy atom. The number of rotatable bonds is 6. The van der Waals surface area contributed by atoms with Crippen molar-refractivity contribution in [2.24, 2.45) is 5.92 Å². The van der Waals surface area contributed by atoms with Gasteiger partial charge in [0.05, 0.1) is 12.0 Å². The maximum Gasteiger partial charge on any atom is 0.339 e. The minimum Gasteiger partial charge on any atom is -0.548 e. The fraction of sp³-hybridized carbons (Fsp3) is 0.458. The third-order valence-corrected chi connectivity index (χ3v) is 6.20. The highest BCUT2D eigenvalue weighted by Gasteiger charge is 2.21. The molecule has 0 radical (unpaired) electrons. The predicted molar refractivity (Wildman–Crippen MR) is 114 cm³/mol. The predicted octanol–water partition coefficient (Wildman–Crippen LogP) is 2.55. The lowest BCUT2D eigenvalue weighted by Gasteiger charge is -2.23. The van der Waals surface area contributed by atoms with Crippen molar-refractivity contribution in [3.63, 3.8) is 0 Å². The van der Waals surface area contributed by atoms with Crippen LogP contribution in [0.25, 0.3) is 21.9 Å². The smallest absolute Gasteiger partial charge is 0.339 e. The van der Waals surface area contributed by atoms with Crippen LogP contribution >= 0.6 is 0 Å². The molecule has 0 bridgehead atoms. The molecule has 2 aromatic heterocycles. The maximum atomic E-state index is 12.6. The van der Waals surface area contributed by atoms with Crippen LogP contribution in [0, 0.1) is 12.8 Å². The van der Waals surface area contributed by atoms with Crippen LogP contribution in [0.3, 0.4) is 0 Å². The first-order chi connectivity index (χ1) is 14.8. The summed E-state index contributed by atoms with van der Waals surface area (Å²) >= 11 is 0. The molecule has 7 heteroatoms. The van der Waals surface area contributed by atoms with E-state index in [9.17, 15) is 19.5 Å². The summed E-state index contributed by atoms with van der Waals surface area (Å²) in [7, 11) is 0. The molecule has 0 saturated heterocycles. The van der Waals surface area contributed by atoms with Gasteiger partial charge in [0.1, 0.15) is 16.9 Å². The van der Waals surface area contributed by atoms with E-state index in [2.05, 4.69) is 5.32 Å². The molecule has 1 atom stereocenters. The number of hydrogen-bond donors (Lipinski definition) is 1. The van der Waals surface area contributed by atoms with Gasteiger partial charge in [-0.15, -0.1) is 0 Å². The van der Waals surface area contributed by atoms with E-state index in [-0.39, 0.29) is 18.8 Å². The van der Waals surface area contributed by atoms with Crippen LogP contribution < -0.4 is 16.0 Å². The van der Waals surface area contributed by atoms with Crippen LogP contribution in [-0.2, 0) is 28.9 Å². The van der Waals surface area contributed by atoms with Gasteiger partial charge >= 0.3 is 5.63 Å². The number of aryl methyl sites for hydroxylation is 3. The van der Waals surface area contributed by atoms with E-state index in [0.717, 1.165) is 53.4 Å². The molecule has 1 aliphatic rings. The van der Waals surface area contributed by atoms with Gasteiger partial charge in [0.15, 0.2) is 0 Å². The first-order valence-electron chi connectivity index (χ1n) is 10.8. The van der Waals surface area contributed by atoms with E-state index in [0.29, 0.717) is 11.1 Å². The Hall–Kier alpha value is -3.09. The lowest BCUT2D eigenvalue weighted by Crippen LogP contribution is -2.50. The summed E-state index contributed by atoms with van der Waals surface area (Å²) in [6.45, 7) is 5.24. The number of carbonyl (C=O) groups excluding carboxylic acids is 2. The number of aliphatic carboxylic acids is 1. The van der Waals surface area contributed by atoms with Crippen molar-refractivity contribution in [2.75, 3.05) is 0 Å². The average molecular weight is 424 g/mol. The molecule has 2 heterocycles. The van der Waals surface area contributed by atoms with E-state index >= 15 is 0 Å². The topological polar surface area (TPSA) is 113 Å². The van der Waals surface area contributed by atoms with E-state index in [1.54, 1.807) is 19.9 Å². The molecule has 0 aliphatic heterocycles. The van der Waals surface area contributed by atoms with Gasteiger partial charge < -0.3 is 24.1 Å². The lowest BCUT2D eigenvalue weighted by atomic mass is 9.94. The summed E-state index contributed by atoms with van der Waals surface area (Å²) in [4.78, 5) is 36.1. The van der Waals surface area contributed by atoms with Crippen molar-refractivity contribution in [3.8, 4) is 0 Å². The Bertz CT molecular complexity index is 1230. The van der Waals surface area contributed by atoms with Crippen molar-refractivity contribution < 1.29 is 23.5 Å². The minimum absolute atomic E-state index is 0.0169. The van der Waals surface area contributed by atoms with Crippen molar-refractivity contribution in [3.05, 3.63) is 45.0 Å². The number of benzene rings is 1. The molecule has 4 rings (SSSR count). The number of fused-ring (bicyclic) bond motifs is 4. The molecule has 1 amide bonds. The Morgan fingerprint density at radius 2 is 1.81 bits per heavy atom. The van der Waals surface area contributed by atoms with Gasteiger partial charge in [-0.05, 0) is 50.2 Å². The zero-order valence-corrected chi connectivity index (χ0v) is 18.0. The number of carboxylic acids is 1. The van der Waals surface area contributed by atoms with Crippen molar-refractivity contribution >= 4 is 33.8 Å². The summed E-state index contributed by atoms with van der Waals surface area (Å²) in [5.74, 6) is -1.05. The first-order valence-corrected chi connectivity index (χ1v) is 10.8. The quantitative estimate of drug-likeness (QED) is 0.609. The Balaban J connectivity index is 1.64. The summed E-state index contributed by atoms with van der Waals surface area (Å²) in [5, 5.41) is 15.5. The molecule has 0 fully saturated rings. The fourth-order valence-electron chi connectivity index (χ4n) is 4.42. The van der Waals surface area contributed by atoms with E-state index < -0.39 is 23.5 Å². The van der Waals surface area contributed by atoms with Crippen molar-refractivity contribution in [1.82, 2.24) is 5.32 Å². The summed E-state index contributed by atoms with van der Waals surface area (Å²) in [6.07, 6.45) is 4.29. The minimum atomic E-state index is -1.32. The van der Waals surface area contributed by atoms with E-state index in [4.69, 9.17) is 8.83 Å². The Morgan fingerprint density at radius 1 is 1.10 bits per heavy atom. The second-order valence-electron chi connectivity index (χ2n) is 8.66. The van der Waals surface area contributed by atoms with Crippen LogP contribution in [0.1, 0.15) is 55.6 Å². The van der Waals surface area contributed by atoms with Crippen molar-refractivity contribution in [2.45, 2.75) is 65.3 Å². The second-order valence-corrected chi connectivity index (χ2v) is 8.66. The van der Waals surface area contributed by atoms with Gasteiger partial charge in [-0.3, -0.25) is 4.79 Å². The van der Waals surface area contributed by atoms with Gasteiger partial charge in [-0.25, -0.2) is 4.79 Å². The highest BCUT2D eigenvalue weighted by atomic mass is 16.4. The van der Waals surface area contributed by atoms with Crippen LogP contribution in [0.2, 0.25) is 0 Å². The van der Waals surface area contributed by atoms with Crippen LogP contribution in [0.15, 0.2) is 25.8 Å². The number of nitrogens with one attached hydrogen (secondary N) is 1. The summed E-state index contributed by atoms with van der Waals surface area (Å²) in [6, 6.07) is 2.73. The standard InChI is InChI=1S/C24H27NO6/c1-12(2)22(23(27)28)25-21(26)9-8-14-13(3)16-10-17-15-6-4-5-7-18(15)30-20(17)11-19(16)31-24(14)29/h10-12,22H,4-9H2,1-3H3,(H,25,26)(H,27,28)/p-1/t22-/m0/s1. The number of hydrogen-bond acceptors (Lipinski definition) is 6. The second kappa shape index (κ2) is 8.21. The largest absolute Gasteiger partial charge is 0.548 e. The third kappa shape index (κ3) is 3.96. The van der Waals surface area contributed by atoms with Crippen LogP contribution in [0.5, 0.6) is 0 Å². The molecule has 0 unspecified atom stereocenters. The maximum absolute atomic E-state index is 12.6. The molecule has 1 N–H and O–H groups in total. The highest BCUT2D eigenvalue weighted by molar-refractivity contribution is 5.97. The number of carbonyl (C=O) groups is 2. The fourth-order valence-corrected chi connectivity index (χ4v) is 4.42. The van der Waals surface area contributed by atoms with Gasteiger partial charge in [-0.2, -0.15) is 0 Å². The number of carboxylic acid groups (broad SMARTS) is 1. The lowest BCUT2D eigenvalue weighted by molar-refractivity contribution is -0.309. The third-order valence-electron chi connectivity index (χ3n) is 6.20. The monoisotopic (exact) mass is 424 g/mol. The summed E-state index contributed by atoms with van der Waals surface area (Å²) in [5.41, 5.74) is 3.13. The van der Waals surface area contributed by atoms with Gasteiger partial charge in [0.2, 0.25) is 5.91 Å². The summed E-state index contributed by atoms with van der Waals surface area (Å²) < 4.78 is 11.5. The van der Waals surface area contributed by atoms with Gasteiger partial charge in [0.25, 0.3) is 0 Å². The molecule has 1 aliphatic carbocycles. The molecule has 0 saturated carbocycles. The molecule has 164 valence electrons. The molecular weight excluding hydrogens is 398 g/mol. The van der Waals surface area contributed by atoms with Gasteiger partial charge in [-0.1, -0.05) is 13.8 Å². The zero-order chi connectivity index (χ0) is 22.3. The normalized spacial score (nSPS) is 14.7. The number of amides is 1. The van der Waals surface area contributed by atoms with Crippen LogP contribution in [0.4, 0.5) is 0 Å². The molecular formula is C24H26NO6-. The van der Waals surface area contributed by atoms with Crippen LogP contribution in [-0.4, -0.2) is 17.9 Å². The van der Waals surface area contributed by atoms with Gasteiger partial charge in [0, 0.05) is 40.8 Å². The average Bonchev–Trinajstić information content (AvgIpc) is 3.07.